The van der Waals surface area contributed by atoms with E-state index in [1.54, 1.807) is 7.11 Å². The van der Waals surface area contributed by atoms with Crippen molar-refractivity contribution in [2.45, 2.75) is 37.3 Å². The van der Waals surface area contributed by atoms with Crippen molar-refractivity contribution in [2.24, 2.45) is 5.73 Å². The Balaban J connectivity index is 2.58. The molecule has 19 heavy (non-hydrogen) atoms. The predicted molar refractivity (Wildman–Crippen MR) is 73.8 cm³/mol. The molecule has 3 N–H and O–H groups in total. The minimum Gasteiger partial charge on any atom is -0.383 e. The molecule has 0 bridgehead atoms. The first-order valence-corrected chi connectivity index (χ1v) is 7.07. The number of ether oxygens (including phenoxy) is 1. The molecule has 1 amide bonds. The number of rotatable bonds is 8. The lowest BCUT2D eigenvalue weighted by atomic mass is 10.4. The average molecular weight is 287 g/mol. The number of nitrogens with two attached hydrogens (primary N) is 1. The van der Waals surface area contributed by atoms with E-state index in [-0.39, 0.29) is 11.2 Å². The fraction of sp³-hybridized carbons (Fsp3) is 0.727. The highest BCUT2D eigenvalue weighted by Gasteiger charge is 2.18. The number of nitrogens with one attached hydrogen (secondary N) is 1. The Morgan fingerprint density at radius 2 is 2.32 bits per heavy atom. The first-order chi connectivity index (χ1) is 9.13. The van der Waals surface area contributed by atoms with Crippen molar-refractivity contribution in [3.63, 3.8) is 0 Å². The van der Waals surface area contributed by atoms with Crippen molar-refractivity contribution in [3.8, 4) is 0 Å². The summed E-state index contributed by atoms with van der Waals surface area (Å²) in [4.78, 5) is 11.8. The van der Waals surface area contributed by atoms with Crippen LogP contribution in [0.15, 0.2) is 5.16 Å². The lowest BCUT2D eigenvalue weighted by molar-refractivity contribution is -0.120. The third-order valence-corrected chi connectivity index (χ3v) is 3.63. The summed E-state index contributed by atoms with van der Waals surface area (Å²) in [5.74, 6) is 0.694. The molecule has 7 nitrogen and oxygen atoms in total. The van der Waals surface area contributed by atoms with Crippen LogP contribution in [0.2, 0.25) is 0 Å². The SMILES string of the molecule is CCn1c(CN)nnc1SC(C)C(=O)NCCOC. The van der Waals surface area contributed by atoms with Gasteiger partial charge in [0.05, 0.1) is 18.4 Å². The van der Waals surface area contributed by atoms with Crippen molar-refractivity contribution in [3.05, 3.63) is 5.82 Å². The summed E-state index contributed by atoms with van der Waals surface area (Å²) >= 11 is 1.38. The maximum atomic E-state index is 11.8. The zero-order chi connectivity index (χ0) is 14.3. The van der Waals surface area contributed by atoms with Crippen LogP contribution < -0.4 is 11.1 Å². The predicted octanol–water partition coefficient (Wildman–Crippen LogP) is -0.0001000. The van der Waals surface area contributed by atoms with Gasteiger partial charge < -0.3 is 20.4 Å². The number of carbonyl (C=O) groups excluding carboxylic acids is 1. The maximum absolute atomic E-state index is 11.8. The van der Waals surface area contributed by atoms with E-state index in [9.17, 15) is 4.79 Å². The van der Waals surface area contributed by atoms with Crippen molar-refractivity contribution in [2.75, 3.05) is 20.3 Å². The summed E-state index contributed by atoms with van der Waals surface area (Å²) in [7, 11) is 1.60. The Hall–Kier alpha value is -1.12. The van der Waals surface area contributed by atoms with Crippen molar-refractivity contribution < 1.29 is 9.53 Å². The molecule has 0 aliphatic carbocycles. The maximum Gasteiger partial charge on any atom is 0.233 e. The normalized spacial score (nSPS) is 12.4. The molecular formula is C11H21N5O2S. The second-order valence-electron chi connectivity index (χ2n) is 3.89. The number of thioether (sulfide) groups is 1. The number of nitrogens with zero attached hydrogens (tertiary/aromatic N) is 3. The highest BCUT2D eigenvalue weighted by Crippen LogP contribution is 2.22. The lowest BCUT2D eigenvalue weighted by Crippen LogP contribution is -2.33. The van der Waals surface area contributed by atoms with Crippen LogP contribution >= 0.6 is 11.8 Å². The number of aromatic nitrogens is 3. The summed E-state index contributed by atoms with van der Waals surface area (Å²) in [5.41, 5.74) is 5.59. The first kappa shape index (κ1) is 15.9. The van der Waals surface area contributed by atoms with E-state index in [0.717, 1.165) is 17.5 Å². The molecule has 0 spiro atoms. The molecule has 0 fully saturated rings. The molecule has 1 heterocycles. The van der Waals surface area contributed by atoms with Gasteiger partial charge in [-0.05, 0) is 13.8 Å². The van der Waals surface area contributed by atoms with Gasteiger partial charge in [0.15, 0.2) is 5.16 Å². The molecule has 1 rings (SSSR count). The summed E-state index contributed by atoms with van der Waals surface area (Å²) in [6.07, 6.45) is 0. The number of amides is 1. The average Bonchev–Trinajstić information content (AvgIpc) is 2.80. The molecule has 1 aromatic rings. The van der Waals surface area contributed by atoms with Gasteiger partial charge in [-0.25, -0.2) is 0 Å². The molecule has 0 saturated heterocycles. The molecule has 108 valence electrons. The monoisotopic (exact) mass is 287 g/mol. The Bertz CT molecular complexity index is 410. The van der Waals surface area contributed by atoms with E-state index in [1.807, 2.05) is 18.4 Å². The molecule has 0 aromatic carbocycles. The van der Waals surface area contributed by atoms with E-state index in [4.69, 9.17) is 10.5 Å². The van der Waals surface area contributed by atoms with E-state index >= 15 is 0 Å². The summed E-state index contributed by atoms with van der Waals surface area (Å²) in [5, 5.41) is 11.4. The van der Waals surface area contributed by atoms with Crippen molar-refractivity contribution in [1.82, 2.24) is 20.1 Å². The van der Waals surface area contributed by atoms with Crippen LogP contribution in [-0.4, -0.2) is 46.2 Å². The van der Waals surface area contributed by atoms with Gasteiger partial charge in [-0.15, -0.1) is 10.2 Å². The van der Waals surface area contributed by atoms with Gasteiger partial charge >= 0.3 is 0 Å². The van der Waals surface area contributed by atoms with Crippen LogP contribution in [0.3, 0.4) is 0 Å². The van der Waals surface area contributed by atoms with Gasteiger partial charge in [0.25, 0.3) is 0 Å². The number of hydrogen-bond acceptors (Lipinski definition) is 6. The smallest absolute Gasteiger partial charge is 0.233 e. The molecule has 1 aromatic heterocycles. The van der Waals surface area contributed by atoms with Crippen molar-refractivity contribution >= 4 is 17.7 Å². The zero-order valence-corrected chi connectivity index (χ0v) is 12.4. The molecule has 0 aliphatic rings. The topological polar surface area (TPSA) is 95.1 Å². The second kappa shape index (κ2) is 8.13. The second-order valence-corrected chi connectivity index (χ2v) is 5.20. The van der Waals surface area contributed by atoms with E-state index < -0.39 is 0 Å². The highest BCUT2D eigenvalue weighted by molar-refractivity contribution is 8.00. The van der Waals surface area contributed by atoms with Crippen molar-refractivity contribution in [1.29, 1.82) is 0 Å². The standard InChI is InChI=1S/C11H21N5O2S/c1-4-16-9(7-12)14-15-11(16)19-8(2)10(17)13-5-6-18-3/h8H,4-7,12H2,1-3H3,(H,13,17). The molecule has 1 unspecified atom stereocenters. The molecule has 0 saturated carbocycles. The van der Waals surface area contributed by atoms with Gasteiger partial charge in [-0.2, -0.15) is 0 Å². The third kappa shape index (κ3) is 4.48. The van der Waals surface area contributed by atoms with Gasteiger partial charge in [0.2, 0.25) is 5.91 Å². The molecule has 0 aliphatic heterocycles. The summed E-state index contributed by atoms with van der Waals surface area (Å²) in [6, 6.07) is 0. The molecule has 0 radical (unpaired) electrons. The van der Waals surface area contributed by atoms with Gasteiger partial charge in [0, 0.05) is 20.2 Å². The van der Waals surface area contributed by atoms with E-state index in [1.165, 1.54) is 11.8 Å². The molecular weight excluding hydrogens is 266 g/mol. The van der Waals surface area contributed by atoms with Crippen LogP contribution in [0.5, 0.6) is 0 Å². The summed E-state index contributed by atoms with van der Waals surface area (Å²) < 4.78 is 6.80. The van der Waals surface area contributed by atoms with Crippen LogP contribution in [0, 0.1) is 0 Å². The minimum absolute atomic E-state index is 0.0398. The third-order valence-electron chi connectivity index (χ3n) is 2.55. The Morgan fingerprint density at radius 3 is 2.89 bits per heavy atom. The van der Waals surface area contributed by atoms with Gasteiger partial charge in [-0.1, -0.05) is 11.8 Å². The first-order valence-electron chi connectivity index (χ1n) is 6.19. The van der Waals surface area contributed by atoms with Crippen LogP contribution in [0.25, 0.3) is 0 Å². The zero-order valence-electron chi connectivity index (χ0n) is 11.5. The summed E-state index contributed by atoms with van der Waals surface area (Å²) in [6.45, 7) is 5.93. The van der Waals surface area contributed by atoms with E-state index in [2.05, 4.69) is 15.5 Å². The Labute approximate surface area is 117 Å². The van der Waals surface area contributed by atoms with Gasteiger partial charge in [0.1, 0.15) is 5.82 Å². The van der Waals surface area contributed by atoms with Crippen LogP contribution in [0.4, 0.5) is 0 Å². The molecule has 8 heteroatoms. The molecule has 1 atom stereocenters. The number of carbonyl (C=O) groups is 1. The fourth-order valence-corrected chi connectivity index (χ4v) is 2.46. The lowest BCUT2D eigenvalue weighted by Gasteiger charge is -2.12. The van der Waals surface area contributed by atoms with Gasteiger partial charge in [-0.3, -0.25) is 4.79 Å². The Morgan fingerprint density at radius 1 is 1.58 bits per heavy atom. The number of methoxy groups -OCH3 is 1. The largest absolute Gasteiger partial charge is 0.383 e. The fourth-order valence-electron chi connectivity index (χ4n) is 1.51. The Kier molecular flexibility index (Phi) is 6.82. The van der Waals surface area contributed by atoms with E-state index in [0.29, 0.717) is 19.7 Å². The van der Waals surface area contributed by atoms with Crippen LogP contribution in [0.1, 0.15) is 19.7 Å². The highest BCUT2D eigenvalue weighted by atomic mass is 32.2. The van der Waals surface area contributed by atoms with Crippen LogP contribution in [-0.2, 0) is 22.6 Å². The minimum atomic E-state index is -0.239. The number of hydrogen-bond donors (Lipinski definition) is 2. The quantitative estimate of drug-likeness (QED) is 0.516.